The number of rotatable bonds is 16. The van der Waals surface area contributed by atoms with E-state index in [2.05, 4.69) is 30.9 Å². The molecule has 0 aliphatic rings. The lowest BCUT2D eigenvalue weighted by Crippen LogP contribution is -2.59. The summed E-state index contributed by atoms with van der Waals surface area (Å²) >= 11 is 0. The summed E-state index contributed by atoms with van der Waals surface area (Å²) in [6.45, 7) is 3.51. The highest BCUT2D eigenvalue weighted by Gasteiger charge is 2.33. The van der Waals surface area contributed by atoms with Crippen LogP contribution >= 0.6 is 0 Å². The van der Waals surface area contributed by atoms with Crippen LogP contribution in [0.4, 0.5) is 0 Å². The normalized spacial score (nSPS) is 14.7. The molecule has 14 heteroatoms. The number of H-pyrrole nitrogens is 2. The molecule has 2 heterocycles. The van der Waals surface area contributed by atoms with Crippen LogP contribution in [0.1, 0.15) is 44.4 Å². The Morgan fingerprint density at radius 2 is 1.67 bits per heavy atom. The lowest BCUT2D eigenvalue weighted by Gasteiger charge is -2.28. The quantitative estimate of drug-likeness (QED) is 0.117. The van der Waals surface area contributed by atoms with Crippen molar-refractivity contribution in [3.8, 4) is 0 Å². The van der Waals surface area contributed by atoms with Crippen LogP contribution in [0, 0.1) is 5.92 Å². The number of aromatic nitrogens is 3. The third-order valence-electron chi connectivity index (χ3n) is 7.12. The highest BCUT2D eigenvalue weighted by molar-refractivity contribution is 5.95. The molecule has 0 aliphatic heterocycles. The number of carboxylic acid groups (broad SMARTS) is 2. The number of aliphatic carboxylic acids is 2. The van der Waals surface area contributed by atoms with Gasteiger partial charge in [0.25, 0.3) is 0 Å². The summed E-state index contributed by atoms with van der Waals surface area (Å²) in [6, 6.07) is 2.71. The Labute approximate surface area is 241 Å². The van der Waals surface area contributed by atoms with E-state index in [1.807, 2.05) is 24.3 Å². The highest BCUT2D eigenvalue weighted by atomic mass is 16.4. The fraction of sp³-hybridized carbons (Fsp3) is 0.429. The second-order valence-corrected chi connectivity index (χ2v) is 10.2. The zero-order valence-electron chi connectivity index (χ0n) is 23.4. The molecule has 0 fully saturated rings. The first-order valence-electron chi connectivity index (χ1n) is 13.6. The minimum atomic E-state index is -1.46. The van der Waals surface area contributed by atoms with Crippen molar-refractivity contribution in [3.63, 3.8) is 0 Å². The molecule has 14 nitrogen and oxygen atoms in total. The maximum absolute atomic E-state index is 13.7. The molecule has 5 unspecified atom stereocenters. The van der Waals surface area contributed by atoms with Gasteiger partial charge in [-0.2, -0.15) is 0 Å². The van der Waals surface area contributed by atoms with Gasteiger partial charge in [-0.3, -0.25) is 19.2 Å². The van der Waals surface area contributed by atoms with Gasteiger partial charge in [0.05, 0.1) is 12.4 Å². The van der Waals surface area contributed by atoms with E-state index >= 15 is 0 Å². The first kappa shape index (κ1) is 31.8. The third kappa shape index (κ3) is 8.64. The van der Waals surface area contributed by atoms with Gasteiger partial charge in [-0.25, -0.2) is 9.78 Å². The Kier molecular flexibility index (Phi) is 11.2. The number of benzene rings is 1. The number of carboxylic acids is 2. The second-order valence-electron chi connectivity index (χ2n) is 10.2. The van der Waals surface area contributed by atoms with E-state index in [0.29, 0.717) is 12.1 Å². The van der Waals surface area contributed by atoms with Gasteiger partial charge in [0.1, 0.15) is 18.1 Å². The average molecular weight is 584 g/mol. The smallest absolute Gasteiger partial charge is 0.326 e. The average Bonchev–Trinajstić information content (AvgIpc) is 3.62. The van der Waals surface area contributed by atoms with Crippen LogP contribution in [0.5, 0.6) is 0 Å². The van der Waals surface area contributed by atoms with Gasteiger partial charge in [0, 0.05) is 48.3 Å². The Balaban J connectivity index is 1.83. The minimum Gasteiger partial charge on any atom is -0.481 e. The number of carbonyl (C=O) groups is 5. The summed E-state index contributed by atoms with van der Waals surface area (Å²) in [5.74, 6) is -5.05. The largest absolute Gasteiger partial charge is 0.481 e. The van der Waals surface area contributed by atoms with Gasteiger partial charge in [-0.1, -0.05) is 38.5 Å². The van der Waals surface area contributed by atoms with Crippen LogP contribution in [0.2, 0.25) is 0 Å². The van der Waals surface area contributed by atoms with Crippen LogP contribution in [0.15, 0.2) is 43.0 Å². The van der Waals surface area contributed by atoms with E-state index in [0.717, 1.165) is 16.5 Å². The lowest BCUT2D eigenvalue weighted by molar-refractivity contribution is -0.143. The predicted molar refractivity (Wildman–Crippen MR) is 152 cm³/mol. The number of nitrogens with zero attached hydrogens (tertiary/aromatic N) is 1. The van der Waals surface area contributed by atoms with E-state index in [1.54, 1.807) is 26.2 Å². The Morgan fingerprint density at radius 3 is 2.31 bits per heavy atom. The van der Waals surface area contributed by atoms with Crippen molar-refractivity contribution in [3.05, 3.63) is 54.2 Å². The standard InChI is InChI=1S/C28H37N7O7/c1-3-15(2)24(27(40)33-21(28(41)42)8-9-23(36)37)35-26(39)22(10-16-12-31-20-7-5-4-6-18(16)20)34-25(38)19(29)11-17-13-30-14-32-17/h4-7,12-15,19,21-22,24,31H,3,8-11,29H2,1-2H3,(H,30,32)(H,33,40)(H,34,38)(H,35,39)(H,36,37)(H,41,42). The maximum atomic E-state index is 13.7. The SMILES string of the molecule is CCC(C)C(NC(=O)C(Cc1c[nH]c2ccccc12)NC(=O)C(N)Cc1cnc[nH]1)C(=O)NC(CCC(=O)O)C(=O)O. The summed E-state index contributed by atoms with van der Waals surface area (Å²) in [4.78, 5) is 72.5. The molecular formula is C28H37N7O7. The van der Waals surface area contributed by atoms with Crippen LogP contribution in [-0.4, -0.2) is 79.0 Å². The van der Waals surface area contributed by atoms with Crippen LogP contribution < -0.4 is 21.7 Å². The number of fused-ring (bicyclic) bond motifs is 1. The Bertz CT molecular complexity index is 1390. The first-order chi connectivity index (χ1) is 20.0. The number of amides is 3. The molecule has 3 rings (SSSR count). The van der Waals surface area contributed by atoms with Crippen molar-refractivity contribution in [1.29, 1.82) is 0 Å². The number of para-hydroxylation sites is 1. The number of hydrogen-bond acceptors (Lipinski definition) is 7. The molecular weight excluding hydrogens is 546 g/mol. The molecule has 0 spiro atoms. The molecule has 9 N–H and O–H groups in total. The number of imidazole rings is 1. The van der Waals surface area contributed by atoms with Gasteiger partial charge in [-0.05, 0) is 24.0 Å². The molecule has 226 valence electrons. The summed E-state index contributed by atoms with van der Waals surface area (Å²) in [6.07, 6.45) is 4.63. The monoisotopic (exact) mass is 583 g/mol. The van der Waals surface area contributed by atoms with Gasteiger partial charge in [0.2, 0.25) is 17.7 Å². The van der Waals surface area contributed by atoms with Crippen molar-refractivity contribution in [2.24, 2.45) is 11.7 Å². The molecule has 0 saturated carbocycles. The minimum absolute atomic E-state index is 0.0730. The van der Waals surface area contributed by atoms with Crippen molar-refractivity contribution in [2.75, 3.05) is 0 Å². The second kappa shape index (κ2) is 14.8. The van der Waals surface area contributed by atoms with Crippen molar-refractivity contribution < 1.29 is 34.2 Å². The summed E-state index contributed by atoms with van der Waals surface area (Å²) < 4.78 is 0. The summed E-state index contributed by atoms with van der Waals surface area (Å²) in [5, 5.41) is 27.0. The Morgan fingerprint density at radius 1 is 0.952 bits per heavy atom. The van der Waals surface area contributed by atoms with Crippen molar-refractivity contribution in [2.45, 2.75) is 70.1 Å². The number of carbonyl (C=O) groups excluding carboxylic acids is 3. The molecule has 0 aliphatic carbocycles. The predicted octanol–water partition coefficient (Wildman–Crippen LogP) is 0.453. The molecule has 3 aromatic rings. The molecule has 0 radical (unpaired) electrons. The molecule has 5 atom stereocenters. The fourth-order valence-electron chi connectivity index (χ4n) is 4.48. The molecule has 1 aromatic carbocycles. The third-order valence-corrected chi connectivity index (χ3v) is 7.12. The maximum Gasteiger partial charge on any atom is 0.326 e. The molecule has 0 bridgehead atoms. The number of hydrogen-bond donors (Lipinski definition) is 8. The fourth-order valence-corrected chi connectivity index (χ4v) is 4.48. The van der Waals surface area contributed by atoms with E-state index in [-0.39, 0.29) is 19.3 Å². The van der Waals surface area contributed by atoms with Gasteiger partial charge >= 0.3 is 11.9 Å². The number of nitrogens with two attached hydrogens (primary N) is 1. The Hall–Kier alpha value is -4.72. The zero-order chi connectivity index (χ0) is 30.8. The van der Waals surface area contributed by atoms with Gasteiger partial charge in [0.15, 0.2) is 0 Å². The molecule has 42 heavy (non-hydrogen) atoms. The van der Waals surface area contributed by atoms with E-state index in [4.69, 9.17) is 10.8 Å². The number of nitrogens with one attached hydrogen (secondary N) is 5. The summed E-state index contributed by atoms with van der Waals surface area (Å²) in [5.41, 5.74) is 8.34. The van der Waals surface area contributed by atoms with Crippen LogP contribution in [0.25, 0.3) is 10.9 Å². The molecule has 3 amide bonds. The van der Waals surface area contributed by atoms with Gasteiger partial charge in [-0.15, -0.1) is 0 Å². The zero-order valence-corrected chi connectivity index (χ0v) is 23.4. The number of aromatic amines is 2. The lowest BCUT2D eigenvalue weighted by atomic mass is 9.96. The highest BCUT2D eigenvalue weighted by Crippen LogP contribution is 2.20. The summed E-state index contributed by atoms with van der Waals surface area (Å²) in [7, 11) is 0. The van der Waals surface area contributed by atoms with E-state index < -0.39 is 66.2 Å². The van der Waals surface area contributed by atoms with Gasteiger partial charge < -0.3 is 41.9 Å². The topological polar surface area (TPSA) is 232 Å². The molecule has 2 aromatic heterocycles. The van der Waals surface area contributed by atoms with Crippen LogP contribution in [-0.2, 0) is 36.8 Å². The van der Waals surface area contributed by atoms with E-state index in [1.165, 1.54) is 6.33 Å². The van der Waals surface area contributed by atoms with E-state index in [9.17, 15) is 29.1 Å². The van der Waals surface area contributed by atoms with Crippen molar-refractivity contribution in [1.82, 2.24) is 30.9 Å². The molecule has 0 saturated heterocycles. The van der Waals surface area contributed by atoms with Crippen molar-refractivity contribution >= 4 is 40.6 Å². The first-order valence-corrected chi connectivity index (χ1v) is 13.6. The van der Waals surface area contributed by atoms with Crippen LogP contribution in [0.3, 0.4) is 0 Å².